The molecule has 1 aliphatic rings. The average molecular weight is 337 g/mol. The maximum Gasteiger partial charge on any atom is 0.261 e. The summed E-state index contributed by atoms with van der Waals surface area (Å²) >= 11 is 0. The molecule has 3 heterocycles. The van der Waals surface area contributed by atoms with Crippen LogP contribution in [0.4, 0.5) is 0 Å². The van der Waals surface area contributed by atoms with Crippen molar-refractivity contribution >= 4 is 33.9 Å². The highest BCUT2D eigenvalue weighted by atomic mass is 16.3. The van der Waals surface area contributed by atoms with Gasteiger partial charge in [-0.1, -0.05) is 23.4 Å². The van der Waals surface area contributed by atoms with Crippen LogP contribution in [0.2, 0.25) is 0 Å². The van der Waals surface area contributed by atoms with Gasteiger partial charge in [-0.05, 0) is 12.5 Å². The van der Waals surface area contributed by atoms with Gasteiger partial charge in [0.1, 0.15) is 5.69 Å². The Morgan fingerprint density at radius 1 is 1.12 bits per heavy atom. The van der Waals surface area contributed by atoms with E-state index in [1.54, 1.807) is 17.1 Å². The van der Waals surface area contributed by atoms with Crippen molar-refractivity contribution in [1.82, 2.24) is 25.3 Å². The molecule has 2 amide bonds. The van der Waals surface area contributed by atoms with Gasteiger partial charge in [-0.2, -0.15) is 0 Å². The number of nitrogens with one attached hydrogen (secondary N) is 2. The molecule has 8 heteroatoms. The number of rotatable bonds is 5. The maximum atomic E-state index is 12.4. The van der Waals surface area contributed by atoms with Crippen molar-refractivity contribution in [2.24, 2.45) is 0 Å². The Bertz CT molecular complexity index is 1010. The first-order chi connectivity index (χ1) is 12.2. The van der Waals surface area contributed by atoms with Gasteiger partial charge >= 0.3 is 0 Å². The number of aliphatic hydroxyl groups is 1. The molecule has 0 aliphatic carbocycles. The number of imide groups is 1. The molecule has 0 fully saturated rings. The number of benzene rings is 1. The van der Waals surface area contributed by atoms with Crippen molar-refractivity contribution in [1.29, 1.82) is 0 Å². The van der Waals surface area contributed by atoms with E-state index < -0.39 is 11.8 Å². The number of carbonyl (C=O) groups excluding carboxylic acids is 2. The van der Waals surface area contributed by atoms with Crippen LogP contribution >= 0.6 is 0 Å². The van der Waals surface area contributed by atoms with Crippen LogP contribution in [0.3, 0.4) is 0 Å². The van der Waals surface area contributed by atoms with Crippen molar-refractivity contribution in [3.63, 3.8) is 0 Å². The highest BCUT2D eigenvalue weighted by Crippen LogP contribution is 2.34. The number of carbonyl (C=O) groups is 2. The fourth-order valence-corrected chi connectivity index (χ4v) is 2.99. The summed E-state index contributed by atoms with van der Waals surface area (Å²) in [5, 5.41) is 20.1. The molecule has 126 valence electrons. The quantitative estimate of drug-likeness (QED) is 0.594. The Labute approximate surface area is 142 Å². The molecule has 0 saturated heterocycles. The number of fused-ring (bicyclic) bond motifs is 1. The highest BCUT2D eigenvalue weighted by molar-refractivity contribution is 6.49. The number of H-pyrrole nitrogens is 1. The summed E-state index contributed by atoms with van der Waals surface area (Å²) in [4.78, 5) is 27.8. The summed E-state index contributed by atoms with van der Waals surface area (Å²) in [6.45, 7) is 0.520. The Hall–Kier alpha value is -3.26. The zero-order valence-electron chi connectivity index (χ0n) is 13.2. The third kappa shape index (κ3) is 2.52. The largest absolute Gasteiger partial charge is 0.396 e. The molecule has 1 aromatic carbocycles. The standard InChI is InChI=1S/C17H15N5O3/c23-7-3-6-22-9-13(20-21-22)15-14(16(24)19-17(15)25)11-8-18-12-5-2-1-4-10(11)12/h1-2,4-5,8-9,18,23H,3,6-7H2,(H,19,24,25). The van der Waals surface area contributed by atoms with Crippen LogP contribution in [0.15, 0.2) is 36.7 Å². The van der Waals surface area contributed by atoms with Gasteiger partial charge in [-0.25, -0.2) is 0 Å². The van der Waals surface area contributed by atoms with E-state index in [0.29, 0.717) is 24.2 Å². The van der Waals surface area contributed by atoms with E-state index in [1.165, 1.54) is 0 Å². The third-order valence-corrected chi connectivity index (χ3v) is 4.13. The zero-order chi connectivity index (χ0) is 17.4. The smallest absolute Gasteiger partial charge is 0.261 e. The second-order valence-corrected chi connectivity index (χ2v) is 5.73. The van der Waals surface area contributed by atoms with E-state index in [1.807, 2.05) is 24.3 Å². The molecule has 0 saturated carbocycles. The number of aliphatic hydroxyl groups excluding tert-OH is 1. The lowest BCUT2D eigenvalue weighted by atomic mass is 9.99. The van der Waals surface area contributed by atoms with E-state index in [0.717, 1.165) is 10.9 Å². The van der Waals surface area contributed by atoms with Crippen molar-refractivity contribution in [2.45, 2.75) is 13.0 Å². The lowest BCUT2D eigenvalue weighted by molar-refractivity contribution is -0.122. The van der Waals surface area contributed by atoms with Gasteiger partial charge in [0.25, 0.3) is 11.8 Å². The monoisotopic (exact) mass is 337 g/mol. The Kier molecular flexibility index (Phi) is 3.66. The molecule has 0 bridgehead atoms. The maximum absolute atomic E-state index is 12.4. The molecule has 3 N–H and O–H groups in total. The summed E-state index contributed by atoms with van der Waals surface area (Å²) in [7, 11) is 0. The molecule has 8 nitrogen and oxygen atoms in total. The number of aromatic amines is 1. The lowest BCUT2D eigenvalue weighted by Gasteiger charge is -2.00. The minimum atomic E-state index is -0.487. The summed E-state index contributed by atoms with van der Waals surface area (Å²) in [6, 6.07) is 7.56. The Morgan fingerprint density at radius 2 is 1.92 bits per heavy atom. The van der Waals surface area contributed by atoms with Gasteiger partial charge in [0, 0.05) is 35.8 Å². The zero-order valence-corrected chi connectivity index (χ0v) is 13.2. The van der Waals surface area contributed by atoms with E-state index in [4.69, 9.17) is 5.11 Å². The highest BCUT2D eigenvalue weighted by Gasteiger charge is 2.34. The first-order valence-electron chi connectivity index (χ1n) is 7.87. The third-order valence-electron chi connectivity index (χ3n) is 4.13. The van der Waals surface area contributed by atoms with Crippen LogP contribution in [0.25, 0.3) is 22.0 Å². The van der Waals surface area contributed by atoms with Crippen LogP contribution in [0, 0.1) is 0 Å². The van der Waals surface area contributed by atoms with Crippen molar-refractivity contribution in [2.75, 3.05) is 6.61 Å². The molecule has 0 atom stereocenters. The first-order valence-corrected chi connectivity index (χ1v) is 7.87. The van der Waals surface area contributed by atoms with Gasteiger partial charge in [0.05, 0.1) is 17.3 Å². The fraction of sp³-hybridized carbons (Fsp3) is 0.176. The van der Waals surface area contributed by atoms with Gasteiger partial charge in [-0.3, -0.25) is 19.6 Å². The van der Waals surface area contributed by atoms with E-state index in [-0.39, 0.29) is 17.8 Å². The van der Waals surface area contributed by atoms with Crippen LogP contribution in [0.1, 0.15) is 17.7 Å². The first kappa shape index (κ1) is 15.3. The lowest BCUT2D eigenvalue weighted by Crippen LogP contribution is -2.22. The Morgan fingerprint density at radius 3 is 2.76 bits per heavy atom. The van der Waals surface area contributed by atoms with Crippen LogP contribution in [0.5, 0.6) is 0 Å². The number of aromatic nitrogens is 4. The fourth-order valence-electron chi connectivity index (χ4n) is 2.99. The summed E-state index contributed by atoms with van der Waals surface area (Å²) in [5.74, 6) is -0.936. The predicted molar refractivity (Wildman–Crippen MR) is 90.0 cm³/mol. The van der Waals surface area contributed by atoms with E-state index in [9.17, 15) is 9.59 Å². The van der Waals surface area contributed by atoms with Crippen LogP contribution in [-0.2, 0) is 16.1 Å². The van der Waals surface area contributed by atoms with Gasteiger partial charge in [0.15, 0.2) is 0 Å². The van der Waals surface area contributed by atoms with Crippen LogP contribution in [-0.4, -0.2) is 43.5 Å². The number of hydrogen-bond acceptors (Lipinski definition) is 5. The van der Waals surface area contributed by atoms with Gasteiger partial charge < -0.3 is 10.1 Å². The Balaban J connectivity index is 1.85. The van der Waals surface area contributed by atoms with Crippen LogP contribution < -0.4 is 5.32 Å². The predicted octanol–water partition coefficient (Wildman–Crippen LogP) is 0.709. The van der Waals surface area contributed by atoms with E-state index in [2.05, 4.69) is 20.6 Å². The SMILES string of the molecule is O=C1NC(=O)C(c2c[nH]c3ccccc23)=C1c1cn(CCCO)nn1. The minimum absolute atomic E-state index is 0.0391. The summed E-state index contributed by atoms with van der Waals surface area (Å²) < 4.78 is 1.54. The number of aryl methyl sites for hydroxylation is 1. The number of para-hydroxylation sites is 1. The molecule has 0 spiro atoms. The number of nitrogens with zero attached hydrogens (tertiary/aromatic N) is 3. The molecule has 4 rings (SSSR count). The average Bonchev–Trinajstić information content (AvgIpc) is 3.30. The molecule has 1 aliphatic heterocycles. The molecule has 3 aromatic rings. The summed E-state index contributed by atoms with van der Waals surface area (Å²) in [6.07, 6.45) is 3.86. The topological polar surface area (TPSA) is 113 Å². The molecule has 0 radical (unpaired) electrons. The molecular weight excluding hydrogens is 322 g/mol. The van der Waals surface area contributed by atoms with E-state index >= 15 is 0 Å². The molecular formula is C17H15N5O3. The normalized spacial score (nSPS) is 14.6. The molecule has 2 aromatic heterocycles. The second-order valence-electron chi connectivity index (χ2n) is 5.73. The number of amides is 2. The summed E-state index contributed by atoms with van der Waals surface area (Å²) in [5.41, 5.74) is 2.37. The molecule has 0 unspecified atom stereocenters. The van der Waals surface area contributed by atoms with Gasteiger partial charge in [0.2, 0.25) is 0 Å². The van der Waals surface area contributed by atoms with Crippen molar-refractivity contribution < 1.29 is 14.7 Å². The number of hydrogen-bond donors (Lipinski definition) is 3. The molecule has 25 heavy (non-hydrogen) atoms. The minimum Gasteiger partial charge on any atom is -0.396 e. The second kappa shape index (κ2) is 5.99. The van der Waals surface area contributed by atoms with Crippen molar-refractivity contribution in [3.8, 4) is 0 Å². The van der Waals surface area contributed by atoms with Crippen molar-refractivity contribution in [3.05, 3.63) is 47.9 Å². The van der Waals surface area contributed by atoms with Gasteiger partial charge in [-0.15, -0.1) is 5.10 Å².